The van der Waals surface area contributed by atoms with E-state index in [0.717, 1.165) is 11.1 Å². The van der Waals surface area contributed by atoms with Crippen molar-refractivity contribution >= 4 is 34.0 Å². The van der Waals surface area contributed by atoms with Gasteiger partial charge in [-0.1, -0.05) is 34.7 Å². The number of rotatable bonds is 6. The van der Waals surface area contributed by atoms with Crippen LogP contribution < -0.4 is 11.1 Å². The number of carbonyl (C=O) groups is 2. The molecule has 1 aromatic carbocycles. The Morgan fingerprint density at radius 2 is 2.06 bits per heavy atom. The van der Waals surface area contributed by atoms with Crippen LogP contribution in [-0.4, -0.2) is 55.3 Å². The molecular formula is C23H23N7O4S. The molecule has 1 atom stereocenters. The third kappa shape index (κ3) is 3.96. The molecule has 0 saturated carbocycles. The van der Waals surface area contributed by atoms with Crippen LogP contribution >= 0.6 is 11.3 Å². The van der Waals surface area contributed by atoms with E-state index < -0.39 is 17.4 Å². The lowest BCUT2D eigenvalue weighted by atomic mass is 9.98. The minimum absolute atomic E-state index is 0.106. The van der Waals surface area contributed by atoms with Gasteiger partial charge in [-0.25, -0.2) is 4.98 Å². The van der Waals surface area contributed by atoms with Crippen LogP contribution in [0.1, 0.15) is 28.2 Å². The van der Waals surface area contributed by atoms with Crippen molar-refractivity contribution in [3.63, 3.8) is 0 Å². The Kier molecular flexibility index (Phi) is 5.41. The van der Waals surface area contributed by atoms with Crippen molar-refractivity contribution in [2.24, 2.45) is 12.8 Å². The van der Waals surface area contributed by atoms with E-state index in [1.165, 1.54) is 16.2 Å². The molecule has 180 valence electrons. The summed E-state index contributed by atoms with van der Waals surface area (Å²) in [5.41, 5.74) is 6.80. The van der Waals surface area contributed by atoms with Gasteiger partial charge in [0.15, 0.2) is 17.3 Å². The Bertz CT molecular complexity index is 1460. The van der Waals surface area contributed by atoms with Crippen LogP contribution in [0, 0.1) is 6.92 Å². The van der Waals surface area contributed by atoms with Crippen molar-refractivity contribution in [1.82, 2.24) is 24.8 Å². The summed E-state index contributed by atoms with van der Waals surface area (Å²) in [6, 6.07) is 8.92. The lowest BCUT2D eigenvalue weighted by molar-refractivity contribution is -0.144. The number of aromatic nitrogens is 4. The average Bonchev–Trinajstić information content (AvgIpc) is 3.60. The summed E-state index contributed by atoms with van der Waals surface area (Å²) in [4.78, 5) is 30.4. The van der Waals surface area contributed by atoms with Gasteiger partial charge in [-0.2, -0.15) is 5.10 Å². The Balaban J connectivity index is 1.47. The molecule has 35 heavy (non-hydrogen) atoms. The first-order valence-electron chi connectivity index (χ1n) is 10.8. The second-order valence-electron chi connectivity index (χ2n) is 8.51. The highest BCUT2D eigenvalue weighted by Gasteiger charge is 2.48. The zero-order chi connectivity index (χ0) is 24.9. The number of nitrogens with zero attached hydrogens (tertiary/aromatic N) is 5. The number of aryl methyl sites for hydroxylation is 2. The van der Waals surface area contributed by atoms with Crippen molar-refractivity contribution in [2.45, 2.75) is 18.9 Å². The minimum atomic E-state index is -1.71. The highest BCUT2D eigenvalue weighted by Crippen LogP contribution is 2.37. The van der Waals surface area contributed by atoms with Gasteiger partial charge in [-0.05, 0) is 13.0 Å². The van der Waals surface area contributed by atoms with Crippen molar-refractivity contribution in [2.75, 3.05) is 18.9 Å². The van der Waals surface area contributed by atoms with Crippen molar-refractivity contribution in [3.05, 3.63) is 53.5 Å². The number of primary amides is 1. The van der Waals surface area contributed by atoms with Gasteiger partial charge in [0.2, 0.25) is 5.60 Å². The van der Waals surface area contributed by atoms with Crippen LogP contribution in [0.5, 0.6) is 0 Å². The first-order valence-corrected chi connectivity index (χ1v) is 11.6. The molecule has 1 fully saturated rings. The monoisotopic (exact) mass is 493 g/mol. The maximum atomic E-state index is 12.4. The van der Waals surface area contributed by atoms with Gasteiger partial charge in [0.05, 0.1) is 0 Å². The number of anilines is 2. The minimum Gasteiger partial charge on any atom is -0.373 e. The highest BCUT2D eigenvalue weighted by atomic mass is 32.1. The normalized spacial score (nSPS) is 17.8. The molecule has 0 spiro atoms. The van der Waals surface area contributed by atoms with Crippen LogP contribution in [0.3, 0.4) is 0 Å². The Hall–Kier alpha value is -4.03. The molecular weight excluding hydrogens is 470 g/mol. The zero-order valence-corrected chi connectivity index (χ0v) is 20.1. The number of hydrogen-bond donors (Lipinski definition) is 3. The molecule has 0 radical (unpaired) electrons. The molecule has 12 heteroatoms. The van der Waals surface area contributed by atoms with Crippen molar-refractivity contribution < 1.29 is 19.2 Å². The lowest BCUT2D eigenvalue weighted by Crippen LogP contribution is -2.35. The SMILES string of the molecule is Cc1cn(C)nc1Nc1sc(-c2cccc(-c3cc(C4(O)CCN(C)C4=O)on3)c2)nc1C(N)=O. The molecule has 4 N–H and O–H groups in total. The fourth-order valence-electron chi connectivity index (χ4n) is 4.03. The van der Waals surface area contributed by atoms with Crippen LogP contribution in [0.2, 0.25) is 0 Å². The maximum Gasteiger partial charge on any atom is 0.270 e. The Morgan fingerprint density at radius 3 is 2.71 bits per heavy atom. The summed E-state index contributed by atoms with van der Waals surface area (Å²) in [7, 11) is 3.44. The van der Waals surface area contributed by atoms with E-state index in [4.69, 9.17) is 10.3 Å². The van der Waals surface area contributed by atoms with Gasteiger partial charge >= 0.3 is 0 Å². The quantitative estimate of drug-likeness (QED) is 0.370. The van der Waals surface area contributed by atoms with E-state index in [9.17, 15) is 14.7 Å². The highest BCUT2D eigenvalue weighted by molar-refractivity contribution is 7.19. The Labute approximate surface area is 204 Å². The number of nitrogens with two attached hydrogens (primary N) is 1. The van der Waals surface area contributed by atoms with Crippen LogP contribution in [0.15, 0.2) is 41.1 Å². The predicted octanol–water partition coefficient (Wildman–Crippen LogP) is 2.40. The number of carbonyl (C=O) groups excluding carboxylic acids is 2. The number of benzene rings is 1. The third-order valence-electron chi connectivity index (χ3n) is 5.94. The van der Waals surface area contributed by atoms with Gasteiger partial charge in [-0.15, -0.1) is 0 Å². The average molecular weight is 494 g/mol. The molecule has 3 aromatic heterocycles. The number of nitrogens with one attached hydrogen (secondary N) is 1. The molecule has 1 unspecified atom stereocenters. The number of aliphatic hydroxyl groups is 1. The summed E-state index contributed by atoms with van der Waals surface area (Å²) in [6.45, 7) is 2.34. The number of hydrogen-bond acceptors (Lipinski definition) is 9. The largest absolute Gasteiger partial charge is 0.373 e. The van der Waals surface area contributed by atoms with E-state index in [-0.39, 0.29) is 17.9 Å². The topological polar surface area (TPSA) is 152 Å². The number of amides is 2. The molecule has 4 heterocycles. The van der Waals surface area contributed by atoms with Gasteiger partial charge in [0, 0.05) is 56.0 Å². The van der Waals surface area contributed by atoms with Crippen molar-refractivity contribution in [1.29, 1.82) is 0 Å². The predicted molar refractivity (Wildman–Crippen MR) is 129 cm³/mol. The molecule has 1 saturated heterocycles. The van der Waals surface area contributed by atoms with Crippen LogP contribution in [0.4, 0.5) is 10.8 Å². The molecule has 4 aromatic rings. The van der Waals surface area contributed by atoms with Gasteiger partial charge in [-0.3, -0.25) is 14.3 Å². The van der Waals surface area contributed by atoms with E-state index >= 15 is 0 Å². The summed E-state index contributed by atoms with van der Waals surface area (Å²) >= 11 is 1.28. The number of thiazole rings is 1. The fraction of sp³-hybridized carbons (Fsp3) is 0.261. The maximum absolute atomic E-state index is 12.4. The zero-order valence-electron chi connectivity index (χ0n) is 19.3. The summed E-state index contributed by atoms with van der Waals surface area (Å²) < 4.78 is 7.04. The summed E-state index contributed by atoms with van der Waals surface area (Å²) in [5.74, 6) is -0.354. The van der Waals surface area contributed by atoms with Gasteiger partial charge in [0.25, 0.3) is 11.8 Å². The van der Waals surface area contributed by atoms with Crippen LogP contribution in [0.25, 0.3) is 21.8 Å². The van der Waals surface area contributed by atoms with Crippen LogP contribution in [-0.2, 0) is 17.4 Å². The first-order chi connectivity index (χ1) is 16.7. The summed E-state index contributed by atoms with van der Waals surface area (Å²) in [5, 5.41) is 23.5. The second kappa shape index (κ2) is 8.32. The standard InChI is InChI=1S/C23H23N7O4S/c1-12-11-30(3)27-19(12)26-21-17(18(24)31)25-20(35-21)14-6-4-5-13(9-14)15-10-16(34-28-15)23(33)7-8-29(2)22(23)32/h4-6,9-11,33H,7-8H2,1-3H3,(H2,24,31)(H,26,27). The van der Waals surface area contributed by atoms with Gasteiger partial charge < -0.3 is 25.6 Å². The van der Waals surface area contributed by atoms with E-state index in [1.807, 2.05) is 44.4 Å². The number of likely N-dealkylation sites (N-methyl/N-ethyl adjacent to an activating group) is 1. The van der Waals surface area contributed by atoms with Crippen molar-refractivity contribution in [3.8, 4) is 21.8 Å². The summed E-state index contributed by atoms with van der Waals surface area (Å²) in [6.07, 6.45) is 2.09. The lowest BCUT2D eigenvalue weighted by Gasteiger charge is -2.16. The van der Waals surface area contributed by atoms with E-state index in [1.54, 1.807) is 17.8 Å². The fourth-order valence-corrected chi connectivity index (χ4v) is 5.00. The molecule has 0 aliphatic carbocycles. The van der Waals surface area contributed by atoms with Gasteiger partial charge in [0.1, 0.15) is 15.7 Å². The smallest absolute Gasteiger partial charge is 0.270 e. The molecule has 1 aliphatic rings. The molecule has 1 aliphatic heterocycles. The van der Waals surface area contributed by atoms with E-state index in [0.29, 0.717) is 33.6 Å². The molecule has 5 rings (SSSR count). The van der Waals surface area contributed by atoms with E-state index in [2.05, 4.69) is 20.6 Å². The molecule has 11 nitrogen and oxygen atoms in total. The third-order valence-corrected chi connectivity index (χ3v) is 6.96. The first kappa shape index (κ1) is 22.7. The Morgan fingerprint density at radius 1 is 1.29 bits per heavy atom. The number of likely N-dealkylation sites (tertiary alicyclic amines) is 1. The second-order valence-corrected chi connectivity index (χ2v) is 9.51. The molecule has 0 bridgehead atoms. The molecule has 2 amide bonds.